The molecule has 0 N–H and O–H groups in total. The van der Waals surface area contributed by atoms with Crippen molar-refractivity contribution in [1.82, 2.24) is 4.90 Å². The van der Waals surface area contributed by atoms with Gasteiger partial charge in [-0.3, -0.25) is 9.59 Å². The molecular formula is C26H28N2O4S. The van der Waals surface area contributed by atoms with Gasteiger partial charge in [0, 0.05) is 30.5 Å². The molecule has 1 aliphatic heterocycles. The molecule has 0 bridgehead atoms. The molecule has 0 aliphatic carbocycles. The fraction of sp³-hybridized carbons (Fsp3) is 0.308. The normalized spacial score (nSPS) is 18.2. The van der Waals surface area contributed by atoms with Gasteiger partial charge in [-0.2, -0.15) is 0 Å². The number of esters is 1. The highest BCUT2D eigenvalue weighted by atomic mass is 32.2. The maximum absolute atomic E-state index is 13.7. The molecule has 4 rings (SSSR count). The summed E-state index contributed by atoms with van der Waals surface area (Å²) >= 11 is 1.43. The van der Waals surface area contributed by atoms with Crippen LogP contribution in [-0.2, 0) is 19.3 Å². The minimum Gasteiger partial charge on any atom is -0.497 e. The molecule has 3 aromatic carbocycles. The Morgan fingerprint density at radius 1 is 1.09 bits per heavy atom. The average Bonchev–Trinajstić information content (AvgIpc) is 2.91. The quantitative estimate of drug-likeness (QED) is 0.495. The molecule has 1 aliphatic rings. The number of carbonyl (C=O) groups excluding carboxylic acids is 2. The smallest absolute Gasteiger partial charge is 0.304 e. The van der Waals surface area contributed by atoms with Crippen LogP contribution in [0.1, 0.15) is 18.9 Å². The number of ether oxygens (including phenoxy) is 2. The number of hydrogen-bond acceptors (Lipinski definition) is 6. The number of fused-ring (bicyclic) bond motifs is 3. The van der Waals surface area contributed by atoms with Crippen LogP contribution in [0, 0.1) is 0 Å². The zero-order chi connectivity index (χ0) is 23.6. The third-order valence-corrected chi connectivity index (χ3v) is 7.14. The highest BCUT2D eigenvalue weighted by Crippen LogP contribution is 2.53. The van der Waals surface area contributed by atoms with E-state index in [0.717, 1.165) is 26.9 Å². The van der Waals surface area contributed by atoms with E-state index in [2.05, 4.69) is 4.90 Å². The summed E-state index contributed by atoms with van der Waals surface area (Å²) in [5.74, 6) is 0.172. The third kappa shape index (κ3) is 4.70. The van der Waals surface area contributed by atoms with E-state index >= 15 is 0 Å². The zero-order valence-electron chi connectivity index (χ0n) is 19.3. The van der Waals surface area contributed by atoms with Crippen LogP contribution in [0.25, 0.3) is 10.8 Å². The monoisotopic (exact) mass is 464 g/mol. The molecule has 0 unspecified atom stereocenters. The van der Waals surface area contributed by atoms with Crippen LogP contribution < -0.4 is 9.64 Å². The Morgan fingerprint density at radius 2 is 1.82 bits per heavy atom. The number of benzene rings is 3. The van der Waals surface area contributed by atoms with Crippen molar-refractivity contribution < 1.29 is 19.1 Å². The summed E-state index contributed by atoms with van der Waals surface area (Å²) in [7, 11) is 5.57. The number of likely N-dealkylation sites (N-methyl/N-ethyl adjacent to an activating group) is 1. The van der Waals surface area contributed by atoms with Crippen molar-refractivity contribution in [2.24, 2.45) is 0 Å². The van der Waals surface area contributed by atoms with Crippen LogP contribution >= 0.6 is 11.8 Å². The second kappa shape index (κ2) is 9.45. The van der Waals surface area contributed by atoms with Gasteiger partial charge in [0.15, 0.2) is 4.93 Å². The molecule has 1 heterocycles. The topological polar surface area (TPSA) is 59.1 Å². The minimum atomic E-state index is -1.19. The summed E-state index contributed by atoms with van der Waals surface area (Å²) in [6, 6.07) is 19.5. The summed E-state index contributed by atoms with van der Waals surface area (Å²) in [4.78, 5) is 29.6. The Bertz CT molecular complexity index is 1180. The number of rotatable bonds is 6. The van der Waals surface area contributed by atoms with E-state index in [4.69, 9.17) is 9.47 Å². The van der Waals surface area contributed by atoms with Crippen molar-refractivity contribution >= 4 is 40.1 Å². The predicted molar refractivity (Wildman–Crippen MR) is 132 cm³/mol. The van der Waals surface area contributed by atoms with E-state index in [1.54, 1.807) is 7.11 Å². The number of methoxy groups -OCH3 is 1. The summed E-state index contributed by atoms with van der Waals surface area (Å²) in [6.45, 7) is 2.64. The third-order valence-electron chi connectivity index (χ3n) is 5.71. The van der Waals surface area contributed by atoms with E-state index in [0.29, 0.717) is 18.8 Å². The number of carbonyl (C=O) groups is 2. The standard InChI is InChI=1S/C26H28N2O4S/c1-18(29)32-26(20-10-12-21(31-4)13-11-20)17-24(30)28(16-15-27(2)3)23-14-9-19-7-5-6-8-22(19)25(23)33-26/h5-14H,15-17H2,1-4H3/t26-/m0/s1. The largest absolute Gasteiger partial charge is 0.497 e. The summed E-state index contributed by atoms with van der Waals surface area (Å²) in [6.07, 6.45) is 0.0278. The lowest BCUT2D eigenvalue weighted by molar-refractivity contribution is -0.151. The zero-order valence-corrected chi connectivity index (χ0v) is 20.1. The average molecular weight is 465 g/mol. The Labute approximate surface area is 198 Å². The van der Waals surface area contributed by atoms with Gasteiger partial charge >= 0.3 is 5.97 Å². The summed E-state index contributed by atoms with van der Waals surface area (Å²) in [5, 5.41) is 2.09. The maximum atomic E-state index is 13.7. The maximum Gasteiger partial charge on any atom is 0.304 e. The fourth-order valence-electron chi connectivity index (χ4n) is 4.08. The number of nitrogens with zero attached hydrogens (tertiary/aromatic N) is 2. The summed E-state index contributed by atoms with van der Waals surface area (Å²) in [5.41, 5.74) is 1.58. The SMILES string of the molecule is COc1ccc([C@]2(OC(C)=O)CC(=O)N(CCN(C)C)c3ccc4ccccc4c3S2)cc1. The predicted octanol–water partition coefficient (Wildman–Crippen LogP) is 4.65. The lowest BCUT2D eigenvalue weighted by Crippen LogP contribution is -2.39. The van der Waals surface area contributed by atoms with E-state index in [1.807, 2.05) is 79.7 Å². The first-order chi connectivity index (χ1) is 15.8. The first-order valence-electron chi connectivity index (χ1n) is 10.8. The van der Waals surface area contributed by atoms with E-state index < -0.39 is 10.9 Å². The molecule has 0 aromatic heterocycles. The Morgan fingerprint density at radius 3 is 2.48 bits per heavy atom. The number of anilines is 1. The van der Waals surface area contributed by atoms with Crippen molar-refractivity contribution in [2.75, 3.05) is 39.2 Å². The van der Waals surface area contributed by atoms with Crippen molar-refractivity contribution in [3.05, 3.63) is 66.2 Å². The van der Waals surface area contributed by atoms with Crippen molar-refractivity contribution in [2.45, 2.75) is 23.2 Å². The van der Waals surface area contributed by atoms with Crippen LogP contribution in [0.2, 0.25) is 0 Å². The van der Waals surface area contributed by atoms with Crippen LogP contribution in [0.3, 0.4) is 0 Å². The molecule has 1 atom stereocenters. The van der Waals surface area contributed by atoms with E-state index in [-0.39, 0.29) is 12.3 Å². The summed E-state index contributed by atoms with van der Waals surface area (Å²) < 4.78 is 11.3. The fourth-order valence-corrected chi connectivity index (χ4v) is 5.60. The van der Waals surface area contributed by atoms with Gasteiger partial charge in [-0.05, 0) is 43.1 Å². The van der Waals surface area contributed by atoms with Crippen LogP contribution in [0.15, 0.2) is 65.6 Å². The number of amides is 1. The van der Waals surface area contributed by atoms with Gasteiger partial charge in [-0.15, -0.1) is 0 Å². The molecule has 0 radical (unpaired) electrons. The van der Waals surface area contributed by atoms with Crippen LogP contribution in [0.5, 0.6) is 5.75 Å². The number of thioether (sulfide) groups is 1. The second-order valence-corrected chi connectivity index (χ2v) is 9.61. The molecule has 0 fully saturated rings. The van der Waals surface area contributed by atoms with Crippen LogP contribution in [0.4, 0.5) is 5.69 Å². The molecule has 3 aromatic rings. The highest BCUT2D eigenvalue weighted by molar-refractivity contribution is 8.00. The van der Waals surface area contributed by atoms with Crippen LogP contribution in [-0.4, -0.2) is 51.1 Å². The lowest BCUT2D eigenvalue weighted by atomic mass is 10.0. The molecule has 1 amide bonds. The number of hydrogen-bond donors (Lipinski definition) is 0. The van der Waals surface area contributed by atoms with E-state index in [9.17, 15) is 9.59 Å². The molecule has 0 saturated heterocycles. The van der Waals surface area contributed by atoms with Gasteiger partial charge in [0.2, 0.25) is 5.91 Å². The van der Waals surface area contributed by atoms with Gasteiger partial charge in [0.05, 0.1) is 19.2 Å². The Kier molecular flexibility index (Phi) is 6.63. The Hall–Kier alpha value is -3.03. The molecular weight excluding hydrogens is 436 g/mol. The van der Waals surface area contributed by atoms with Crippen molar-refractivity contribution in [3.8, 4) is 5.75 Å². The Balaban J connectivity index is 1.93. The first kappa shape index (κ1) is 23.1. The highest BCUT2D eigenvalue weighted by Gasteiger charge is 2.45. The minimum absolute atomic E-state index is 0.0278. The molecule has 0 spiro atoms. The molecule has 172 valence electrons. The van der Waals surface area contributed by atoms with E-state index in [1.165, 1.54) is 18.7 Å². The van der Waals surface area contributed by atoms with Gasteiger partial charge in [0.1, 0.15) is 5.75 Å². The van der Waals surface area contributed by atoms with Crippen molar-refractivity contribution in [3.63, 3.8) is 0 Å². The molecule has 6 nitrogen and oxygen atoms in total. The van der Waals surface area contributed by atoms with Gasteiger partial charge < -0.3 is 19.3 Å². The van der Waals surface area contributed by atoms with Gasteiger partial charge in [-0.25, -0.2) is 0 Å². The lowest BCUT2D eigenvalue weighted by Gasteiger charge is -2.31. The molecule has 0 saturated carbocycles. The van der Waals surface area contributed by atoms with Gasteiger partial charge in [-0.1, -0.05) is 54.2 Å². The van der Waals surface area contributed by atoms with Gasteiger partial charge in [0.25, 0.3) is 0 Å². The van der Waals surface area contributed by atoms with Crippen molar-refractivity contribution in [1.29, 1.82) is 0 Å². The second-order valence-electron chi connectivity index (χ2n) is 8.34. The molecule has 33 heavy (non-hydrogen) atoms. The molecule has 7 heteroatoms. The first-order valence-corrected chi connectivity index (χ1v) is 11.6.